The third kappa shape index (κ3) is 3.74. The Morgan fingerprint density at radius 3 is 2.57 bits per heavy atom. The van der Waals surface area contributed by atoms with Crippen molar-refractivity contribution in [3.8, 4) is 0 Å². The minimum atomic E-state index is -0.241. The van der Waals surface area contributed by atoms with Crippen molar-refractivity contribution in [3.63, 3.8) is 0 Å². The highest BCUT2D eigenvalue weighted by molar-refractivity contribution is 6.35. The third-order valence-corrected chi connectivity index (χ3v) is 5.86. The van der Waals surface area contributed by atoms with Crippen molar-refractivity contribution in [3.05, 3.63) is 70.1 Å². The molecule has 2 heterocycles. The fourth-order valence-electron chi connectivity index (χ4n) is 3.94. The Morgan fingerprint density at radius 2 is 1.82 bits per heavy atom. The van der Waals surface area contributed by atoms with Crippen LogP contribution in [0.3, 0.4) is 0 Å². The maximum Gasteiger partial charge on any atom is 0.224 e. The van der Waals surface area contributed by atoms with Crippen LogP contribution >= 0.6 is 23.2 Å². The smallest absolute Gasteiger partial charge is 0.224 e. The Labute approximate surface area is 174 Å². The van der Waals surface area contributed by atoms with Gasteiger partial charge in [0.25, 0.3) is 0 Å². The molecular formula is C22H22Cl2N2O2. The second kappa shape index (κ2) is 8.34. The molecule has 0 unspecified atom stereocenters. The lowest BCUT2D eigenvalue weighted by atomic mass is 9.93. The summed E-state index contributed by atoms with van der Waals surface area (Å²) in [4.78, 5) is 8.50. The topological polar surface area (TPSA) is 44.2 Å². The van der Waals surface area contributed by atoms with Gasteiger partial charge in [0.2, 0.25) is 5.28 Å². The van der Waals surface area contributed by atoms with E-state index >= 15 is 0 Å². The largest absolute Gasteiger partial charge is 0.370 e. The molecule has 146 valence electrons. The van der Waals surface area contributed by atoms with Gasteiger partial charge in [0, 0.05) is 16.9 Å². The first-order valence-corrected chi connectivity index (χ1v) is 10.3. The van der Waals surface area contributed by atoms with Crippen LogP contribution in [-0.2, 0) is 16.1 Å². The molecule has 0 bridgehead atoms. The van der Waals surface area contributed by atoms with Crippen LogP contribution in [0.1, 0.15) is 37.5 Å². The molecule has 6 heteroatoms. The van der Waals surface area contributed by atoms with E-state index in [0.29, 0.717) is 11.8 Å². The number of benzene rings is 2. The summed E-state index contributed by atoms with van der Waals surface area (Å²) < 4.78 is 12.8. The molecule has 4 atom stereocenters. The molecule has 4 rings (SSSR count). The molecule has 1 aromatic heterocycles. The second-order valence-corrected chi connectivity index (χ2v) is 7.85. The minimum Gasteiger partial charge on any atom is -0.370 e. The summed E-state index contributed by atoms with van der Waals surface area (Å²) in [6.07, 6.45) is 0.705. The first kappa shape index (κ1) is 19.6. The van der Waals surface area contributed by atoms with E-state index < -0.39 is 0 Å². The van der Waals surface area contributed by atoms with Crippen LogP contribution in [0.4, 0.5) is 0 Å². The van der Waals surface area contributed by atoms with E-state index in [4.69, 9.17) is 32.7 Å². The number of nitrogens with zero attached hydrogens (tertiary/aromatic N) is 2. The number of hydrogen-bond donors (Lipinski definition) is 0. The molecule has 1 aliphatic rings. The van der Waals surface area contributed by atoms with E-state index in [1.54, 1.807) is 0 Å². The van der Waals surface area contributed by atoms with Gasteiger partial charge < -0.3 is 9.47 Å². The van der Waals surface area contributed by atoms with Gasteiger partial charge in [0.1, 0.15) is 11.3 Å². The number of ether oxygens (including phenoxy) is 2. The molecule has 1 saturated heterocycles. The van der Waals surface area contributed by atoms with Gasteiger partial charge in [-0.15, -0.1) is 0 Å². The molecule has 1 aliphatic heterocycles. The van der Waals surface area contributed by atoms with Crippen LogP contribution in [0.5, 0.6) is 0 Å². The van der Waals surface area contributed by atoms with Crippen LogP contribution in [0.2, 0.25) is 10.4 Å². The summed E-state index contributed by atoms with van der Waals surface area (Å²) in [5.74, 6) is 0.252. The minimum absolute atomic E-state index is 0.0942. The number of aromatic nitrogens is 2. The number of para-hydroxylation sites is 1. The third-order valence-electron chi connectivity index (χ3n) is 5.40. The van der Waals surface area contributed by atoms with Crippen LogP contribution in [0.25, 0.3) is 10.9 Å². The lowest BCUT2D eigenvalue weighted by Crippen LogP contribution is -2.25. The van der Waals surface area contributed by atoms with Crippen molar-refractivity contribution in [2.75, 3.05) is 0 Å². The molecule has 1 fully saturated rings. The molecule has 0 radical (unpaired) electrons. The Kier molecular flexibility index (Phi) is 5.83. The van der Waals surface area contributed by atoms with E-state index in [-0.39, 0.29) is 29.5 Å². The predicted molar refractivity (Wildman–Crippen MR) is 112 cm³/mol. The first-order valence-electron chi connectivity index (χ1n) is 9.51. The van der Waals surface area contributed by atoms with E-state index in [1.807, 2.05) is 36.4 Å². The predicted octanol–water partition coefficient (Wildman–Crippen LogP) is 6.01. The zero-order chi connectivity index (χ0) is 19.7. The van der Waals surface area contributed by atoms with Crippen LogP contribution in [0, 0.1) is 5.92 Å². The van der Waals surface area contributed by atoms with Gasteiger partial charge in [0.15, 0.2) is 0 Å². The number of rotatable bonds is 5. The van der Waals surface area contributed by atoms with Crippen LogP contribution < -0.4 is 0 Å². The summed E-state index contributed by atoms with van der Waals surface area (Å²) >= 11 is 12.4. The zero-order valence-electron chi connectivity index (χ0n) is 15.8. The molecule has 0 amide bonds. The maximum absolute atomic E-state index is 6.43. The number of halogens is 2. The molecule has 28 heavy (non-hydrogen) atoms. The fraction of sp³-hybridized carbons (Fsp3) is 0.364. The molecule has 4 nitrogen and oxygen atoms in total. The van der Waals surface area contributed by atoms with Crippen molar-refractivity contribution >= 4 is 34.1 Å². The standard InChI is InChI=1S/C22H22Cl2N2O2/c1-3-17-13(2)19(27-12-14-8-5-4-6-9-14)20(28-17)15-10-7-11-16-18(15)25-22(24)26-21(16)23/h4-11,13,17,19-20H,3,12H2,1-2H3/t13-,17-,19-,20+/m1/s1. The summed E-state index contributed by atoms with van der Waals surface area (Å²) in [7, 11) is 0. The summed E-state index contributed by atoms with van der Waals surface area (Å²) in [5.41, 5.74) is 2.79. The van der Waals surface area contributed by atoms with E-state index in [0.717, 1.165) is 28.5 Å². The molecule has 0 saturated carbocycles. The monoisotopic (exact) mass is 416 g/mol. The van der Waals surface area contributed by atoms with Crippen molar-refractivity contribution in [2.45, 2.75) is 45.2 Å². The molecule has 2 aromatic carbocycles. The summed E-state index contributed by atoms with van der Waals surface area (Å²) in [5, 5.41) is 1.24. The van der Waals surface area contributed by atoms with Crippen molar-refractivity contribution in [2.24, 2.45) is 5.92 Å². The van der Waals surface area contributed by atoms with Crippen LogP contribution in [0.15, 0.2) is 48.5 Å². The Morgan fingerprint density at radius 1 is 1.04 bits per heavy atom. The Balaban J connectivity index is 1.71. The van der Waals surface area contributed by atoms with E-state index in [9.17, 15) is 0 Å². The van der Waals surface area contributed by atoms with Gasteiger partial charge in [-0.2, -0.15) is 0 Å². The Bertz CT molecular complexity index is 967. The SMILES string of the molecule is CC[C@H]1O[C@@H](c2cccc3c(Cl)nc(Cl)nc23)[C@H](OCc2ccccc2)[C@@H]1C. The quantitative estimate of drug-likeness (QED) is 0.377. The lowest BCUT2D eigenvalue weighted by Gasteiger charge is -2.23. The average molecular weight is 417 g/mol. The highest BCUT2D eigenvalue weighted by Gasteiger charge is 2.43. The van der Waals surface area contributed by atoms with Gasteiger partial charge in [-0.25, -0.2) is 9.97 Å². The first-order chi connectivity index (χ1) is 13.6. The summed E-state index contributed by atoms with van der Waals surface area (Å²) in [6, 6.07) is 16.0. The average Bonchev–Trinajstić information content (AvgIpc) is 3.02. The Hall–Kier alpha value is -1.72. The second-order valence-electron chi connectivity index (χ2n) is 7.15. The molecule has 0 N–H and O–H groups in total. The van der Waals surface area contributed by atoms with Crippen molar-refractivity contribution in [1.29, 1.82) is 0 Å². The molecule has 3 aromatic rings. The molecule has 0 aliphatic carbocycles. The number of fused-ring (bicyclic) bond motifs is 1. The highest BCUT2D eigenvalue weighted by atomic mass is 35.5. The molecular weight excluding hydrogens is 395 g/mol. The van der Waals surface area contributed by atoms with Gasteiger partial charge in [0.05, 0.1) is 24.3 Å². The van der Waals surface area contributed by atoms with Crippen molar-refractivity contribution < 1.29 is 9.47 Å². The lowest BCUT2D eigenvalue weighted by molar-refractivity contribution is -0.0331. The van der Waals surface area contributed by atoms with Gasteiger partial charge in [-0.3, -0.25) is 0 Å². The van der Waals surface area contributed by atoms with Crippen molar-refractivity contribution in [1.82, 2.24) is 9.97 Å². The van der Waals surface area contributed by atoms with E-state index in [2.05, 4.69) is 35.9 Å². The zero-order valence-corrected chi connectivity index (χ0v) is 17.3. The molecule has 0 spiro atoms. The highest BCUT2D eigenvalue weighted by Crippen LogP contribution is 2.43. The van der Waals surface area contributed by atoms with Gasteiger partial charge in [-0.05, 0) is 29.7 Å². The van der Waals surface area contributed by atoms with E-state index in [1.165, 1.54) is 0 Å². The van der Waals surface area contributed by atoms with Gasteiger partial charge in [-0.1, -0.05) is 67.9 Å². The van der Waals surface area contributed by atoms with Crippen LogP contribution in [-0.4, -0.2) is 22.2 Å². The van der Waals surface area contributed by atoms with Gasteiger partial charge >= 0.3 is 0 Å². The fourth-order valence-corrected chi connectivity index (χ4v) is 4.39. The summed E-state index contributed by atoms with van der Waals surface area (Å²) in [6.45, 7) is 4.86. The number of hydrogen-bond acceptors (Lipinski definition) is 4. The normalized spacial score (nSPS) is 24.7. The maximum atomic E-state index is 6.43.